The molecule has 1 fully saturated rings. The fourth-order valence-electron chi connectivity index (χ4n) is 2.57. The van der Waals surface area contributed by atoms with Gasteiger partial charge in [-0.2, -0.15) is 11.8 Å². The van der Waals surface area contributed by atoms with Crippen molar-refractivity contribution in [3.63, 3.8) is 0 Å². The average Bonchev–Trinajstić information content (AvgIpc) is 2.84. The molecule has 2 nitrogen and oxygen atoms in total. The van der Waals surface area contributed by atoms with Crippen molar-refractivity contribution in [1.82, 2.24) is 5.32 Å². The topological polar surface area (TPSA) is 21.3 Å². The zero-order valence-corrected chi connectivity index (χ0v) is 13.3. The van der Waals surface area contributed by atoms with Gasteiger partial charge in [0.05, 0.1) is 7.11 Å². The van der Waals surface area contributed by atoms with Gasteiger partial charge in [-0.3, -0.25) is 0 Å². The van der Waals surface area contributed by atoms with Crippen LogP contribution in [0.1, 0.15) is 24.8 Å². The minimum absolute atomic E-state index is 0.642. The smallest absolute Gasteiger partial charge is 0.123 e. The standard InChI is InChI=1S/C14H20BrNOS/c1-17-13-7-6-11(15)8-10(13)9-16-12-4-3-5-14(12)18-2/h6-8,12,14,16H,3-5,9H2,1-2H3. The Kier molecular flexibility index (Phi) is 5.39. The highest BCUT2D eigenvalue weighted by atomic mass is 79.9. The fourth-order valence-corrected chi connectivity index (χ4v) is 3.94. The molecule has 1 N–H and O–H groups in total. The van der Waals surface area contributed by atoms with Crippen molar-refractivity contribution in [2.75, 3.05) is 13.4 Å². The molecule has 0 saturated heterocycles. The summed E-state index contributed by atoms with van der Waals surface area (Å²) in [6.07, 6.45) is 6.19. The van der Waals surface area contributed by atoms with Gasteiger partial charge < -0.3 is 10.1 Å². The molecule has 100 valence electrons. The Labute approximate surface area is 122 Å². The monoisotopic (exact) mass is 329 g/mol. The summed E-state index contributed by atoms with van der Waals surface area (Å²) >= 11 is 5.50. The van der Waals surface area contributed by atoms with Gasteiger partial charge in [0.25, 0.3) is 0 Å². The predicted octanol–water partition coefficient (Wildman–Crippen LogP) is 3.83. The second-order valence-corrected chi connectivity index (χ2v) is 6.64. The van der Waals surface area contributed by atoms with E-state index in [1.165, 1.54) is 24.8 Å². The summed E-state index contributed by atoms with van der Waals surface area (Å²) < 4.78 is 6.51. The van der Waals surface area contributed by atoms with E-state index in [-0.39, 0.29) is 0 Å². The number of thioether (sulfide) groups is 1. The largest absolute Gasteiger partial charge is 0.496 e. The van der Waals surface area contributed by atoms with Crippen LogP contribution in [0.4, 0.5) is 0 Å². The van der Waals surface area contributed by atoms with Crippen molar-refractivity contribution in [3.05, 3.63) is 28.2 Å². The van der Waals surface area contributed by atoms with Gasteiger partial charge in [0.2, 0.25) is 0 Å². The van der Waals surface area contributed by atoms with Crippen LogP contribution < -0.4 is 10.1 Å². The molecule has 18 heavy (non-hydrogen) atoms. The molecule has 1 saturated carbocycles. The molecule has 2 rings (SSSR count). The molecule has 1 aromatic rings. The van der Waals surface area contributed by atoms with Crippen LogP contribution in [0, 0.1) is 0 Å². The third kappa shape index (κ3) is 3.43. The molecule has 0 radical (unpaired) electrons. The molecule has 0 heterocycles. The first-order valence-corrected chi connectivity index (χ1v) is 8.41. The molecular formula is C14H20BrNOS. The number of nitrogens with one attached hydrogen (secondary N) is 1. The maximum absolute atomic E-state index is 5.40. The Hall–Kier alpha value is -0.190. The van der Waals surface area contributed by atoms with Crippen molar-refractivity contribution in [2.24, 2.45) is 0 Å². The number of hydrogen-bond donors (Lipinski definition) is 1. The highest BCUT2D eigenvalue weighted by Gasteiger charge is 2.25. The number of halogens is 1. The molecule has 2 atom stereocenters. The molecule has 2 unspecified atom stereocenters. The van der Waals surface area contributed by atoms with Crippen LogP contribution in [0.2, 0.25) is 0 Å². The molecule has 0 amide bonds. The van der Waals surface area contributed by atoms with Gasteiger partial charge in [-0.05, 0) is 37.3 Å². The Bertz CT molecular complexity index is 399. The number of rotatable bonds is 5. The first kappa shape index (κ1) is 14.2. The molecule has 0 aliphatic heterocycles. The van der Waals surface area contributed by atoms with Gasteiger partial charge >= 0.3 is 0 Å². The molecular weight excluding hydrogens is 310 g/mol. The number of methoxy groups -OCH3 is 1. The average molecular weight is 330 g/mol. The van der Waals surface area contributed by atoms with Gasteiger partial charge in [-0.15, -0.1) is 0 Å². The van der Waals surface area contributed by atoms with Gasteiger partial charge in [-0.25, -0.2) is 0 Å². The van der Waals surface area contributed by atoms with Crippen LogP contribution >= 0.6 is 27.7 Å². The van der Waals surface area contributed by atoms with E-state index >= 15 is 0 Å². The zero-order valence-electron chi connectivity index (χ0n) is 10.9. The number of benzene rings is 1. The maximum Gasteiger partial charge on any atom is 0.123 e. The Morgan fingerprint density at radius 1 is 1.44 bits per heavy atom. The van der Waals surface area contributed by atoms with Gasteiger partial charge in [0.15, 0.2) is 0 Å². The molecule has 0 spiro atoms. The Morgan fingerprint density at radius 2 is 2.28 bits per heavy atom. The van der Waals surface area contributed by atoms with Crippen molar-refractivity contribution in [3.8, 4) is 5.75 Å². The van der Waals surface area contributed by atoms with Gasteiger partial charge in [0, 0.05) is 27.9 Å². The lowest BCUT2D eigenvalue weighted by atomic mass is 10.1. The van der Waals surface area contributed by atoms with E-state index in [4.69, 9.17) is 4.74 Å². The normalized spacial score (nSPS) is 23.3. The van der Waals surface area contributed by atoms with E-state index in [9.17, 15) is 0 Å². The summed E-state index contributed by atoms with van der Waals surface area (Å²) in [6.45, 7) is 0.879. The third-order valence-corrected chi connectivity index (χ3v) is 5.22. The third-order valence-electron chi connectivity index (χ3n) is 3.55. The van der Waals surface area contributed by atoms with Crippen LogP contribution in [-0.4, -0.2) is 24.7 Å². The second kappa shape index (κ2) is 6.83. The van der Waals surface area contributed by atoms with Crippen molar-refractivity contribution in [2.45, 2.75) is 37.1 Å². The SMILES string of the molecule is COc1ccc(Br)cc1CNC1CCCC1SC. The molecule has 0 aromatic heterocycles. The molecule has 1 aromatic carbocycles. The van der Waals surface area contributed by atoms with Crippen LogP contribution in [-0.2, 0) is 6.54 Å². The second-order valence-electron chi connectivity index (χ2n) is 4.65. The highest BCUT2D eigenvalue weighted by molar-refractivity contribution is 9.10. The van der Waals surface area contributed by atoms with Gasteiger partial charge in [-0.1, -0.05) is 22.4 Å². The minimum atomic E-state index is 0.642. The molecule has 0 bridgehead atoms. The first-order valence-electron chi connectivity index (χ1n) is 6.33. The number of hydrogen-bond acceptors (Lipinski definition) is 3. The number of ether oxygens (including phenoxy) is 1. The van der Waals surface area contributed by atoms with Crippen molar-refractivity contribution in [1.29, 1.82) is 0 Å². The van der Waals surface area contributed by atoms with Crippen molar-refractivity contribution >= 4 is 27.7 Å². The quantitative estimate of drug-likeness (QED) is 0.886. The van der Waals surface area contributed by atoms with E-state index in [1.54, 1.807) is 7.11 Å². The fraction of sp³-hybridized carbons (Fsp3) is 0.571. The summed E-state index contributed by atoms with van der Waals surface area (Å²) in [5.41, 5.74) is 1.22. The highest BCUT2D eigenvalue weighted by Crippen LogP contribution is 2.29. The predicted molar refractivity (Wildman–Crippen MR) is 82.5 cm³/mol. The maximum atomic E-state index is 5.40. The molecule has 1 aliphatic carbocycles. The van der Waals surface area contributed by atoms with Crippen molar-refractivity contribution < 1.29 is 4.74 Å². The van der Waals surface area contributed by atoms with Crippen LogP contribution in [0.5, 0.6) is 5.75 Å². The molecule has 1 aliphatic rings. The van der Waals surface area contributed by atoms with Gasteiger partial charge in [0.1, 0.15) is 5.75 Å². The molecule has 4 heteroatoms. The lowest BCUT2D eigenvalue weighted by molar-refractivity contribution is 0.405. The van der Waals surface area contributed by atoms with Crippen LogP contribution in [0.15, 0.2) is 22.7 Å². The van der Waals surface area contributed by atoms with E-state index < -0.39 is 0 Å². The lowest BCUT2D eigenvalue weighted by Crippen LogP contribution is -2.33. The first-order chi connectivity index (χ1) is 8.74. The summed E-state index contributed by atoms with van der Waals surface area (Å²) in [7, 11) is 1.73. The summed E-state index contributed by atoms with van der Waals surface area (Å²) in [5, 5.41) is 4.45. The summed E-state index contributed by atoms with van der Waals surface area (Å²) in [4.78, 5) is 0. The minimum Gasteiger partial charge on any atom is -0.496 e. The van der Waals surface area contributed by atoms with E-state index in [1.807, 2.05) is 23.9 Å². The van der Waals surface area contributed by atoms with Crippen LogP contribution in [0.25, 0.3) is 0 Å². The van der Waals surface area contributed by atoms with E-state index in [0.717, 1.165) is 22.0 Å². The lowest BCUT2D eigenvalue weighted by Gasteiger charge is -2.20. The zero-order chi connectivity index (χ0) is 13.0. The Balaban J connectivity index is 1.99. The Morgan fingerprint density at radius 3 is 3.00 bits per heavy atom. The van der Waals surface area contributed by atoms with E-state index in [2.05, 4.69) is 33.6 Å². The van der Waals surface area contributed by atoms with Crippen LogP contribution in [0.3, 0.4) is 0 Å². The van der Waals surface area contributed by atoms with E-state index in [0.29, 0.717) is 6.04 Å². The summed E-state index contributed by atoms with van der Waals surface area (Å²) in [6, 6.07) is 6.81. The summed E-state index contributed by atoms with van der Waals surface area (Å²) in [5.74, 6) is 0.962.